The van der Waals surface area contributed by atoms with Gasteiger partial charge in [0.15, 0.2) is 0 Å². The number of hydrogen-bond acceptors (Lipinski definition) is 2. The first-order valence-electron chi connectivity index (χ1n) is 6.58. The van der Waals surface area contributed by atoms with E-state index in [1.807, 2.05) is 25.7 Å². The molecule has 1 amide bonds. The average molecular weight is 241 g/mol. The average Bonchev–Trinajstić information content (AvgIpc) is 2.45. The summed E-state index contributed by atoms with van der Waals surface area (Å²) < 4.78 is 5.45. The normalized spacial score (nSPS) is 21.8. The smallest absolute Gasteiger partial charge is 0.410 e. The van der Waals surface area contributed by atoms with Gasteiger partial charge in [0.2, 0.25) is 0 Å². The highest BCUT2D eigenvalue weighted by Crippen LogP contribution is 2.30. The molecule has 0 bridgehead atoms. The monoisotopic (exact) mass is 241 g/mol. The van der Waals surface area contributed by atoms with Crippen molar-refractivity contribution in [2.45, 2.75) is 72.4 Å². The molecule has 100 valence electrons. The number of likely N-dealkylation sites (tertiary alicyclic amines) is 1. The van der Waals surface area contributed by atoms with Gasteiger partial charge in [-0.05, 0) is 45.4 Å². The molecule has 17 heavy (non-hydrogen) atoms. The Hall–Kier alpha value is -0.730. The van der Waals surface area contributed by atoms with Crippen molar-refractivity contribution in [1.29, 1.82) is 0 Å². The van der Waals surface area contributed by atoms with Gasteiger partial charge in [0, 0.05) is 12.6 Å². The summed E-state index contributed by atoms with van der Waals surface area (Å²) in [6.45, 7) is 13.3. The van der Waals surface area contributed by atoms with Gasteiger partial charge in [-0.1, -0.05) is 20.8 Å². The van der Waals surface area contributed by atoms with Crippen LogP contribution in [0.15, 0.2) is 0 Å². The molecule has 1 fully saturated rings. The second kappa shape index (κ2) is 4.87. The molecule has 1 aliphatic rings. The second-order valence-electron chi connectivity index (χ2n) is 7.23. The van der Waals surface area contributed by atoms with Crippen LogP contribution in [0.1, 0.15) is 60.8 Å². The minimum Gasteiger partial charge on any atom is -0.444 e. The Balaban J connectivity index is 2.60. The van der Waals surface area contributed by atoms with Gasteiger partial charge >= 0.3 is 6.09 Å². The van der Waals surface area contributed by atoms with Gasteiger partial charge < -0.3 is 9.64 Å². The molecule has 0 aliphatic carbocycles. The molecular weight excluding hydrogens is 214 g/mol. The number of nitrogens with zero attached hydrogens (tertiary/aromatic N) is 1. The summed E-state index contributed by atoms with van der Waals surface area (Å²) in [4.78, 5) is 14.0. The Morgan fingerprint density at radius 1 is 1.24 bits per heavy atom. The molecule has 1 saturated heterocycles. The van der Waals surface area contributed by atoms with Crippen molar-refractivity contribution in [3.05, 3.63) is 0 Å². The molecule has 0 aromatic rings. The largest absolute Gasteiger partial charge is 0.444 e. The summed E-state index contributed by atoms with van der Waals surface area (Å²) >= 11 is 0. The first kappa shape index (κ1) is 14.3. The summed E-state index contributed by atoms with van der Waals surface area (Å²) in [7, 11) is 0. The highest BCUT2D eigenvalue weighted by atomic mass is 16.6. The third-order valence-electron chi connectivity index (χ3n) is 2.85. The van der Waals surface area contributed by atoms with Gasteiger partial charge in [0.1, 0.15) is 5.60 Å². The SMILES string of the molecule is CC(C)(C)CC1CCCN1C(=O)OC(C)(C)C. The van der Waals surface area contributed by atoms with E-state index >= 15 is 0 Å². The molecule has 0 N–H and O–H groups in total. The van der Waals surface area contributed by atoms with Crippen LogP contribution >= 0.6 is 0 Å². The van der Waals surface area contributed by atoms with Gasteiger partial charge in [0.05, 0.1) is 0 Å². The van der Waals surface area contributed by atoms with Crippen molar-refractivity contribution in [1.82, 2.24) is 4.90 Å². The van der Waals surface area contributed by atoms with Gasteiger partial charge in [-0.2, -0.15) is 0 Å². The van der Waals surface area contributed by atoms with Crippen LogP contribution in [0, 0.1) is 5.41 Å². The zero-order valence-corrected chi connectivity index (χ0v) is 12.2. The van der Waals surface area contributed by atoms with E-state index in [9.17, 15) is 4.79 Å². The highest BCUT2D eigenvalue weighted by molar-refractivity contribution is 5.68. The molecule has 0 aromatic heterocycles. The zero-order valence-electron chi connectivity index (χ0n) is 12.2. The van der Waals surface area contributed by atoms with Crippen LogP contribution in [-0.2, 0) is 4.74 Å². The Labute approximate surface area is 106 Å². The highest BCUT2D eigenvalue weighted by Gasteiger charge is 2.34. The van der Waals surface area contributed by atoms with Crippen molar-refractivity contribution >= 4 is 6.09 Å². The van der Waals surface area contributed by atoms with E-state index in [1.54, 1.807) is 0 Å². The van der Waals surface area contributed by atoms with E-state index in [4.69, 9.17) is 4.74 Å². The van der Waals surface area contributed by atoms with Crippen molar-refractivity contribution in [2.24, 2.45) is 5.41 Å². The van der Waals surface area contributed by atoms with Crippen LogP contribution in [0.5, 0.6) is 0 Å². The number of amides is 1. The minimum absolute atomic E-state index is 0.149. The molecule has 0 saturated carbocycles. The molecule has 1 aliphatic heterocycles. The Morgan fingerprint density at radius 2 is 1.82 bits per heavy atom. The summed E-state index contributed by atoms with van der Waals surface area (Å²) in [5, 5.41) is 0. The third kappa shape index (κ3) is 4.97. The number of carbonyl (C=O) groups is 1. The lowest BCUT2D eigenvalue weighted by Gasteiger charge is -2.32. The third-order valence-corrected chi connectivity index (χ3v) is 2.85. The standard InChI is InChI=1S/C14H27NO2/c1-13(2,3)10-11-8-7-9-15(11)12(16)17-14(4,5)6/h11H,7-10H2,1-6H3. The van der Waals surface area contributed by atoms with Crippen LogP contribution in [-0.4, -0.2) is 29.2 Å². The quantitative estimate of drug-likeness (QED) is 0.698. The number of hydrogen-bond donors (Lipinski definition) is 0. The Kier molecular flexibility index (Phi) is 4.11. The lowest BCUT2D eigenvalue weighted by molar-refractivity contribution is 0.0197. The molecule has 0 spiro atoms. The molecular formula is C14H27NO2. The summed E-state index contributed by atoms with van der Waals surface area (Å²) in [6, 6.07) is 0.352. The molecule has 0 radical (unpaired) electrons. The minimum atomic E-state index is -0.397. The number of rotatable bonds is 1. The maximum Gasteiger partial charge on any atom is 0.410 e. The lowest BCUT2D eigenvalue weighted by atomic mass is 9.87. The topological polar surface area (TPSA) is 29.5 Å². The van der Waals surface area contributed by atoms with Crippen LogP contribution in [0.3, 0.4) is 0 Å². The molecule has 0 aromatic carbocycles. The van der Waals surface area contributed by atoms with Crippen LogP contribution < -0.4 is 0 Å². The fourth-order valence-electron chi connectivity index (χ4n) is 2.32. The first-order chi connectivity index (χ1) is 7.58. The van der Waals surface area contributed by atoms with E-state index in [0.29, 0.717) is 6.04 Å². The predicted molar refractivity (Wildman–Crippen MR) is 70.0 cm³/mol. The predicted octanol–water partition coefficient (Wildman–Crippen LogP) is 3.82. The molecule has 1 unspecified atom stereocenters. The lowest BCUT2D eigenvalue weighted by Crippen LogP contribution is -2.41. The van der Waals surface area contributed by atoms with Crippen LogP contribution in [0.4, 0.5) is 4.79 Å². The molecule has 1 heterocycles. The van der Waals surface area contributed by atoms with Crippen molar-refractivity contribution in [2.75, 3.05) is 6.54 Å². The zero-order chi connectivity index (χ0) is 13.3. The molecule has 1 atom stereocenters. The van der Waals surface area contributed by atoms with Gasteiger partial charge in [-0.3, -0.25) is 0 Å². The maximum atomic E-state index is 12.1. The maximum absolute atomic E-state index is 12.1. The van der Waals surface area contributed by atoms with E-state index in [1.165, 1.54) is 0 Å². The number of carbonyl (C=O) groups excluding carboxylic acids is 1. The fraction of sp³-hybridized carbons (Fsp3) is 0.929. The molecule has 3 heteroatoms. The van der Waals surface area contributed by atoms with Crippen LogP contribution in [0.25, 0.3) is 0 Å². The van der Waals surface area contributed by atoms with E-state index < -0.39 is 5.60 Å². The Bertz CT molecular complexity index is 273. The van der Waals surface area contributed by atoms with Crippen LogP contribution in [0.2, 0.25) is 0 Å². The second-order valence-corrected chi connectivity index (χ2v) is 7.23. The summed E-state index contributed by atoms with van der Waals surface area (Å²) in [5.74, 6) is 0. The van der Waals surface area contributed by atoms with Gasteiger partial charge in [0.25, 0.3) is 0 Å². The van der Waals surface area contributed by atoms with Crippen molar-refractivity contribution in [3.63, 3.8) is 0 Å². The van der Waals surface area contributed by atoms with Crippen molar-refractivity contribution in [3.8, 4) is 0 Å². The van der Waals surface area contributed by atoms with Gasteiger partial charge in [-0.25, -0.2) is 4.79 Å². The molecule has 3 nitrogen and oxygen atoms in total. The van der Waals surface area contributed by atoms with Gasteiger partial charge in [-0.15, -0.1) is 0 Å². The van der Waals surface area contributed by atoms with Crippen molar-refractivity contribution < 1.29 is 9.53 Å². The Morgan fingerprint density at radius 3 is 2.29 bits per heavy atom. The summed E-state index contributed by atoms with van der Waals surface area (Å²) in [5.41, 5.74) is -0.138. The van der Waals surface area contributed by atoms with E-state index in [0.717, 1.165) is 25.8 Å². The number of ether oxygens (including phenoxy) is 1. The van der Waals surface area contributed by atoms with E-state index in [-0.39, 0.29) is 11.5 Å². The first-order valence-corrected chi connectivity index (χ1v) is 6.58. The van der Waals surface area contributed by atoms with E-state index in [2.05, 4.69) is 20.8 Å². The summed E-state index contributed by atoms with van der Waals surface area (Å²) in [6.07, 6.45) is 3.10. The molecule has 1 rings (SSSR count). The fourth-order valence-corrected chi connectivity index (χ4v) is 2.32.